The normalized spacial score (nSPS) is 15.0. The van der Waals surface area contributed by atoms with Crippen molar-refractivity contribution in [1.29, 1.82) is 0 Å². The van der Waals surface area contributed by atoms with Crippen LogP contribution in [0.5, 0.6) is 0 Å². The molecule has 0 bridgehead atoms. The van der Waals surface area contributed by atoms with Gasteiger partial charge < -0.3 is 15.1 Å². The molecule has 0 aromatic heterocycles. The third-order valence-corrected chi connectivity index (χ3v) is 4.47. The summed E-state index contributed by atoms with van der Waals surface area (Å²) in [6, 6.07) is 11.0. The highest BCUT2D eigenvalue weighted by atomic mass is 19.4. The van der Waals surface area contributed by atoms with E-state index in [0.717, 1.165) is 11.6 Å². The van der Waals surface area contributed by atoms with Gasteiger partial charge >= 0.3 is 12.2 Å². The van der Waals surface area contributed by atoms with Crippen LogP contribution < -0.4 is 10.2 Å². The van der Waals surface area contributed by atoms with Crippen LogP contribution in [0.3, 0.4) is 0 Å². The van der Waals surface area contributed by atoms with E-state index in [0.29, 0.717) is 26.2 Å². The van der Waals surface area contributed by atoms with Crippen LogP contribution in [-0.4, -0.2) is 37.1 Å². The molecule has 2 aromatic carbocycles. The van der Waals surface area contributed by atoms with Crippen molar-refractivity contribution in [3.05, 3.63) is 65.5 Å². The number of urea groups is 1. The van der Waals surface area contributed by atoms with Crippen LogP contribution >= 0.6 is 0 Å². The third kappa shape index (κ3) is 4.69. The summed E-state index contributed by atoms with van der Waals surface area (Å²) in [5, 5.41) is 2.74. The Morgan fingerprint density at radius 2 is 1.59 bits per heavy atom. The summed E-state index contributed by atoms with van der Waals surface area (Å²) >= 11 is 0. The molecule has 1 aliphatic heterocycles. The number of alkyl halides is 3. The Bertz CT molecular complexity index is 784. The number of carbonyl (C=O) groups excluding carboxylic acids is 1. The van der Waals surface area contributed by atoms with E-state index < -0.39 is 11.7 Å². The molecule has 0 radical (unpaired) electrons. The van der Waals surface area contributed by atoms with Gasteiger partial charge in [-0.2, -0.15) is 13.2 Å². The zero-order valence-electron chi connectivity index (χ0n) is 14.5. The van der Waals surface area contributed by atoms with Gasteiger partial charge in [-0.3, -0.25) is 0 Å². The standard InChI is InChI=1S/C19H19F4N3O/c20-15-7-5-14(6-8-15)13-24-18(27)26-11-9-25(10-12-26)17-4-2-1-3-16(17)19(21,22)23/h1-8H,9-13H2,(H,24,27). The molecular formula is C19H19F4N3O. The second-order valence-corrected chi connectivity index (χ2v) is 6.27. The highest BCUT2D eigenvalue weighted by Gasteiger charge is 2.35. The number of amides is 2. The SMILES string of the molecule is O=C(NCc1ccc(F)cc1)N1CCN(c2ccccc2C(F)(F)F)CC1. The highest BCUT2D eigenvalue weighted by molar-refractivity contribution is 5.74. The fraction of sp³-hybridized carbons (Fsp3) is 0.316. The zero-order valence-corrected chi connectivity index (χ0v) is 14.5. The Balaban J connectivity index is 1.56. The van der Waals surface area contributed by atoms with Crippen molar-refractivity contribution in [1.82, 2.24) is 10.2 Å². The summed E-state index contributed by atoms with van der Waals surface area (Å²) in [7, 11) is 0. The predicted molar refractivity (Wildman–Crippen MR) is 93.9 cm³/mol. The Morgan fingerprint density at radius 1 is 0.963 bits per heavy atom. The van der Waals surface area contributed by atoms with Gasteiger partial charge in [0.25, 0.3) is 0 Å². The fourth-order valence-corrected chi connectivity index (χ4v) is 3.03. The lowest BCUT2D eigenvalue weighted by Crippen LogP contribution is -2.52. The number of nitrogens with zero attached hydrogens (tertiary/aromatic N) is 2. The lowest BCUT2D eigenvalue weighted by Gasteiger charge is -2.37. The average Bonchev–Trinajstić information content (AvgIpc) is 2.67. The van der Waals surface area contributed by atoms with E-state index in [1.807, 2.05) is 0 Å². The topological polar surface area (TPSA) is 35.6 Å². The first-order valence-electron chi connectivity index (χ1n) is 8.53. The Labute approximate surface area is 154 Å². The van der Waals surface area contributed by atoms with E-state index in [9.17, 15) is 22.4 Å². The molecule has 2 aromatic rings. The van der Waals surface area contributed by atoms with Gasteiger partial charge in [0.05, 0.1) is 5.56 Å². The average molecular weight is 381 g/mol. The number of anilines is 1. The smallest absolute Gasteiger partial charge is 0.367 e. The minimum Gasteiger partial charge on any atom is -0.367 e. The molecule has 1 aliphatic rings. The molecule has 8 heteroatoms. The molecule has 2 amide bonds. The van der Waals surface area contributed by atoms with Crippen LogP contribution in [0.25, 0.3) is 0 Å². The molecular weight excluding hydrogens is 362 g/mol. The van der Waals surface area contributed by atoms with E-state index in [2.05, 4.69) is 5.32 Å². The first-order valence-corrected chi connectivity index (χ1v) is 8.53. The van der Waals surface area contributed by atoms with Crippen molar-refractivity contribution in [3.63, 3.8) is 0 Å². The minimum absolute atomic E-state index is 0.136. The number of carbonyl (C=O) groups is 1. The van der Waals surface area contributed by atoms with Crippen molar-refractivity contribution in [2.24, 2.45) is 0 Å². The number of halogens is 4. The summed E-state index contributed by atoms with van der Waals surface area (Å²) in [5.41, 5.74) is 0.234. The van der Waals surface area contributed by atoms with Crippen molar-refractivity contribution in [3.8, 4) is 0 Å². The van der Waals surface area contributed by atoms with Gasteiger partial charge in [-0.1, -0.05) is 24.3 Å². The van der Waals surface area contributed by atoms with Crippen molar-refractivity contribution >= 4 is 11.7 Å². The van der Waals surface area contributed by atoms with Gasteiger partial charge in [0.15, 0.2) is 0 Å². The molecule has 144 valence electrons. The van der Waals surface area contributed by atoms with Gasteiger partial charge in [0.2, 0.25) is 0 Å². The van der Waals surface area contributed by atoms with Gasteiger partial charge in [-0.15, -0.1) is 0 Å². The van der Waals surface area contributed by atoms with Gasteiger partial charge in [0, 0.05) is 38.4 Å². The molecule has 27 heavy (non-hydrogen) atoms. The van der Waals surface area contributed by atoms with E-state index >= 15 is 0 Å². The first kappa shape index (κ1) is 19.0. The van der Waals surface area contributed by atoms with Crippen LogP contribution in [0.4, 0.5) is 28.0 Å². The van der Waals surface area contributed by atoms with Crippen molar-refractivity contribution in [2.75, 3.05) is 31.1 Å². The summed E-state index contributed by atoms with van der Waals surface area (Å²) in [6.07, 6.45) is -4.42. The maximum atomic E-state index is 13.2. The number of hydrogen-bond donors (Lipinski definition) is 1. The van der Waals surface area contributed by atoms with Gasteiger partial charge in [0.1, 0.15) is 5.82 Å². The van der Waals surface area contributed by atoms with E-state index in [1.54, 1.807) is 28.0 Å². The summed E-state index contributed by atoms with van der Waals surface area (Å²) in [6.45, 7) is 1.53. The van der Waals surface area contributed by atoms with E-state index in [-0.39, 0.29) is 24.1 Å². The van der Waals surface area contributed by atoms with E-state index in [1.165, 1.54) is 24.3 Å². The Hall–Kier alpha value is -2.77. The van der Waals surface area contributed by atoms with Crippen LogP contribution in [0.1, 0.15) is 11.1 Å². The Morgan fingerprint density at radius 3 is 2.22 bits per heavy atom. The quantitative estimate of drug-likeness (QED) is 0.820. The highest BCUT2D eigenvalue weighted by Crippen LogP contribution is 2.36. The predicted octanol–water partition coefficient (Wildman–Crippen LogP) is 3.88. The molecule has 3 rings (SSSR count). The third-order valence-electron chi connectivity index (χ3n) is 4.47. The Kier molecular flexibility index (Phi) is 5.53. The van der Waals surface area contributed by atoms with Gasteiger partial charge in [-0.25, -0.2) is 9.18 Å². The molecule has 0 spiro atoms. The van der Waals surface area contributed by atoms with Crippen LogP contribution in [0.2, 0.25) is 0 Å². The van der Waals surface area contributed by atoms with Crippen molar-refractivity contribution in [2.45, 2.75) is 12.7 Å². The lowest BCUT2D eigenvalue weighted by atomic mass is 10.1. The number of hydrogen-bond acceptors (Lipinski definition) is 2. The number of piperazine rings is 1. The number of rotatable bonds is 3. The first-order chi connectivity index (χ1) is 12.8. The van der Waals surface area contributed by atoms with Crippen LogP contribution in [0.15, 0.2) is 48.5 Å². The molecule has 1 heterocycles. The summed E-state index contributed by atoms with van der Waals surface area (Å²) in [5.74, 6) is -0.347. The zero-order chi connectivity index (χ0) is 19.4. The van der Waals surface area contributed by atoms with E-state index in [4.69, 9.17) is 0 Å². The lowest BCUT2D eigenvalue weighted by molar-refractivity contribution is -0.137. The molecule has 0 aliphatic carbocycles. The number of para-hydroxylation sites is 1. The molecule has 0 atom stereocenters. The summed E-state index contributed by atoms with van der Waals surface area (Å²) in [4.78, 5) is 15.5. The van der Waals surface area contributed by atoms with Crippen LogP contribution in [0, 0.1) is 5.82 Å². The molecule has 1 fully saturated rings. The van der Waals surface area contributed by atoms with Crippen LogP contribution in [-0.2, 0) is 12.7 Å². The summed E-state index contributed by atoms with van der Waals surface area (Å²) < 4.78 is 52.4. The molecule has 1 saturated heterocycles. The monoisotopic (exact) mass is 381 g/mol. The second-order valence-electron chi connectivity index (χ2n) is 6.27. The largest absolute Gasteiger partial charge is 0.418 e. The molecule has 0 unspecified atom stereocenters. The molecule has 4 nitrogen and oxygen atoms in total. The maximum absolute atomic E-state index is 13.2. The molecule has 1 N–H and O–H groups in total. The maximum Gasteiger partial charge on any atom is 0.418 e. The van der Waals surface area contributed by atoms with Gasteiger partial charge in [-0.05, 0) is 29.8 Å². The number of nitrogens with one attached hydrogen (secondary N) is 1. The fourth-order valence-electron chi connectivity index (χ4n) is 3.03. The van der Waals surface area contributed by atoms with Crippen molar-refractivity contribution < 1.29 is 22.4 Å². The minimum atomic E-state index is -4.42. The molecule has 0 saturated carbocycles. The number of benzene rings is 2. The second kappa shape index (κ2) is 7.85.